The molecule has 1 aromatic carbocycles. The summed E-state index contributed by atoms with van der Waals surface area (Å²) in [5.41, 5.74) is 2.04. The molecule has 1 N–H and O–H groups in total. The number of hydrogen-bond acceptors (Lipinski definition) is 4. The normalized spacial score (nSPS) is 12.1. The molecule has 0 fully saturated rings. The lowest BCUT2D eigenvalue weighted by Gasteiger charge is -2.15. The number of nitrogens with zero attached hydrogens (tertiary/aromatic N) is 2. The predicted octanol–water partition coefficient (Wildman–Crippen LogP) is 3.02. The molecule has 0 aliphatic heterocycles. The van der Waals surface area contributed by atoms with Crippen molar-refractivity contribution in [3.8, 4) is 0 Å². The van der Waals surface area contributed by atoms with Gasteiger partial charge in [-0.15, -0.1) is 5.10 Å². The van der Waals surface area contributed by atoms with Crippen molar-refractivity contribution >= 4 is 17.4 Å². The fourth-order valence-corrected chi connectivity index (χ4v) is 2.80. The molecule has 1 amide bonds. The third-order valence-corrected chi connectivity index (χ3v) is 4.14. The fraction of sp³-hybridized carbons (Fsp3) is 0.400. The van der Waals surface area contributed by atoms with E-state index in [0.717, 1.165) is 30.1 Å². The van der Waals surface area contributed by atoms with Crippen molar-refractivity contribution in [1.29, 1.82) is 0 Å². The standard InChI is InChI=1S/C15H19N3OS/c1-3-11(12-8-6-5-7-9-12)10-16-15(19)14-13(4-2)17-18-20-14/h5-9,11H,3-4,10H2,1-2H3,(H,16,19). The van der Waals surface area contributed by atoms with Crippen LogP contribution in [0.15, 0.2) is 30.3 Å². The van der Waals surface area contributed by atoms with Crippen LogP contribution in [-0.4, -0.2) is 22.0 Å². The minimum Gasteiger partial charge on any atom is -0.351 e. The maximum Gasteiger partial charge on any atom is 0.264 e. The van der Waals surface area contributed by atoms with Gasteiger partial charge in [-0.1, -0.05) is 48.7 Å². The van der Waals surface area contributed by atoms with Crippen LogP contribution >= 0.6 is 11.5 Å². The molecule has 0 saturated carbocycles. The molecule has 20 heavy (non-hydrogen) atoms. The Hall–Kier alpha value is -1.75. The monoisotopic (exact) mass is 289 g/mol. The summed E-state index contributed by atoms with van der Waals surface area (Å²) in [6.07, 6.45) is 1.72. The van der Waals surface area contributed by atoms with Crippen molar-refractivity contribution in [2.75, 3.05) is 6.54 Å². The Morgan fingerprint density at radius 2 is 2.05 bits per heavy atom. The number of nitrogens with one attached hydrogen (secondary N) is 1. The average molecular weight is 289 g/mol. The van der Waals surface area contributed by atoms with Gasteiger partial charge in [0.25, 0.3) is 5.91 Å². The second kappa shape index (κ2) is 7.14. The van der Waals surface area contributed by atoms with E-state index in [2.05, 4.69) is 34.0 Å². The first-order chi connectivity index (χ1) is 9.76. The third-order valence-electron chi connectivity index (χ3n) is 3.37. The van der Waals surface area contributed by atoms with Crippen LogP contribution < -0.4 is 5.32 Å². The summed E-state index contributed by atoms with van der Waals surface area (Å²) >= 11 is 1.16. The van der Waals surface area contributed by atoms with E-state index in [-0.39, 0.29) is 5.91 Å². The third kappa shape index (κ3) is 3.42. The summed E-state index contributed by atoms with van der Waals surface area (Å²) in [4.78, 5) is 12.8. The van der Waals surface area contributed by atoms with E-state index >= 15 is 0 Å². The Morgan fingerprint density at radius 3 is 2.70 bits per heavy atom. The number of amides is 1. The van der Waals surface area contributed by atoms with Gasteiger partial charge in [0.1, 0.15) is 4.88 Å². The van der Waals surface area contributed by atoms with Crippen molar-refractivity contribution in [3.63, 3.8) is 0 Å². The molecular weight excluding hydrogens is 270 g/mol. The summed E-state index contributed by atoms with van der Waals surface area (Å²) < 4.78 is 3.85. The van der Waals surface area contributed by atoms with Crippen molar-refractivity contribution in [3.05, 3.63) is 46.5 Å². The van der Waals surface area contributed by atoms with E-state index in [0.29, 0.717) is 17.3 Å². The van der Waals surface area contributed by atoms with Crippen LogP contribution in [0.1, 0.15) is 47.1 Å². The highest BCUT2D eigenvalue weighted by Crippen LogP contribution is 2.18. The van der Waals surface area contributed by atoms with E-state index in [9.17, 15) is 4.79 Å². The number of hydrogen-bond donors (Lipinski definition) is 1. The van der Waals surface area contributed by atoms with Crippen molar-refractivity contribution in [1.82, 2.24) is 14.9 Å². The van der Waals surface area contributed by atoms with Gasteiger partial charge in [0.05, 0.1) is 5.69 Å². The Labute approximate surface area is 123 Å². The van der Waals surface area contributed by atoms with Crippen LogP contribution in [0.25, 0.3) is 0 Å². The number of carbonyl (C=O) groups excluding carboxylic acids is 1. The first kappa shape index (κ1) is 14.7. The quantitative estimate of drug-likeness (QED) is 0.889. The second-order valence-electron chi connectivity index (χ2n) is 4.63. The van der Waals surface area contributed by atoms with Gasteiger partial charge in [-0.25, -0.2) is 0 Å². The van der Waals surface area contributed by atoms with E-state index < -0.39 is 0 Å². The first-order valence-electron chi connectivity index (χ1n) is 6.90. The molecule has 0 aliphatic carbocycles. The highest BCUT2D eigenvalue weighted by atomic mass is 32.1. The molecule has 1 heterocycles. The van der Waals surface area contributed by atoms with E-state index in [4.69, 9.17) is 0 Å². The average Bonchev–Trinajstić information content (AvgIpc) is 2.97. The van der Waals surface area contributed by atoms with Crippen LogP contribution in [0.5, 0.6) is 0 Å². The van der Waals surface area contributed by atoms with Gasteiger partial charge in [0, 0.05) is 12.5 Å². The molecule has 4 nitrogen and oxygen atoms in total. The van der Waals surface area contributed by atoms with Gasteiger partial charge in [-0.3, -0.25) is 4.79 Å². The van der Waals surface area contributed by atoms with E-state index in [1.165, 1.54) is 5.56 Å². The van der Waals surface area contributed by atoms with E-state index in [1.807, 2.05) is 25.1 Å². The number of carbonyl (C=O) groups is 1. The molecule has 0 bridgehead atoms. The molecule has 5 heteroatoms. The highest BCUT2D eigenvalue weighted by molar-refractivity contribution is 7.08. The second-order valence-corrected chi connectivity index (χ2v) is 5.38. The van der Waals surface area contributed by atoms with Gasteiger partial charge >= 0.3 is 0 Å². The maximum atomic E-state index is 12.2. The van der Waals surface area contributed by atoms with Crippen LogP contribution in [0.3, 0.4) is 0 Å². The Morgan fingerprint density at radius 1 is 1.30 bits per heavy atom. The molecule has 1 atom stereocenters. The van der Waals surface area contributed by atoms with Crippen LogP contribution in [0.4, 0.5) is 0 Å². The number of aromatic nitrogens is 2. The zero-order valence-corrected chi connectivity index (χ0v) is 12.6. The lowest BCUT2D eigenvalue weighted by molar-refractivity contribution is 0.0954. The Bertz CT molecular complexity index is 553. The number of benzene rings is 1. The maximum absolute atomic E-state index is 12.2. The summed E-state index contributed by atoms with van der Waals surface area (Å²) in [6, 6.07) is 10.3. The molecule has 0 spiro atoms. The van der Waals surface area contributed by atoms with Gasteiger partial charge in [0.15, 0.2) is 0 Å². The largest absolute Gasteiger partial charge is 0.351 e. The molecular formula is C15H19N3OS. The molecule has 1 unspecified atom stereocenters. The molecule has 0 radical (unpaired) electrons. The highest BCUT2D eigenvalue weighted by Gasteiger charge is 2.16. The zero-order valence-electron chi connectivity index (χ0n) is 11.8. The van der Waals surface area contributed by atoms with Gasteiger partial charge in [-0.2, -0.15) is 0 Å². The van der Waals surface area contributed by atoms with Crippen LogP contribution in [-0.2, 0) is 6.42 Å². The smallest absolute Gasteiger partial charge is 0.264 e. The lowest BCUT2D eigenvalue weighted by Crippen LogP contribution is -2.28. The van der Waals surface area contributed by atoms with Crippen LogP contribution in [0, 0.1) is 0 Å². The fourth-order valence-electron chi connectivity index (χ4n) is 2.13. The summed E-state index contributed by atoms with van der Waals surface area (Å²) in [5, 5.41) is 6.97. The molecule has 1 aromatic heterocycles. The van der Waals surface area contributed by atoms with Crippen molar-refractivity contribution in [2.45, 2.75) is 32.6 Å². The Kier molecular flexibility index (Phi) is 5.24. The van der Waals surface area contributed by atoms with E-state index in [1.54, 1.807) is 0 Å². The van der Waals surface area contributed by atoms with Gasteiger partial charge < -0.3 is 5.32 Å². The topological polar surface area (TPSA) is 54.9 Å². The first-order valence-corrected chi connectivity index (χ1v) is 7.68. The summed E-state index contributed by atoms with van der Waals surface area (Å²) in [7, 11) is 0. The van der Waals surface area contributed by atoms with Crippen molar-refractivity contribution in [2.24, 2.45) is 0 Å². The minimum absolute atomic E-state index is 0.0637. The molecule has 2 aromatic rings. The molecule has 0 aliphatic rings. The molecule has 0 saturated heterocycles. The van der Waals surface area contributed by atoms with Gasteiger partial charge in [-0.05, 0) is 29.9 Å². The molecule has 106 valence electrons. The number of aryl methyl sites for hydroxylation is 1. The van der Waals surface area contributed by atoms with Gasteiger partial charge in [0.2, 0.25) is 0 Å². The molecule has 2 rings (SSSR count). The summed E-state index contributed by atoms with van der Waals surface area (Å²) in [6.45, 7) is 4.75. The summed E-state index contributed by atoms with van der Waals surface area (Å²) in [5.74, 6) is 0.275. The zero-order chi connectivity index (χ0) is 14.4. The number of rotatable bonds is 6. The minimum atomic E-state index is -0.0637. The van der Waals surface area contributed by atoms with Crippen molar-refractivity contribution < 1.29 is 4.79 Å². The Balaban J connectivity index is 1.99. The lowest BCUT2D eigenvalue weighted by atomic mass is 9.96. The van der Waals surface area contributed by atoms with Crippen LogP contribution in [0.2, 0.25) is 0 Å². The SMILES string of the molecule is CCc1nnsc1C(=O)NCC(CC)c1ccccc1. The predicted molar refractivity (Wildman–Crippen MR) is 81.1 cm³/mol.